The van der Waals surface area contributed by atoms with Crippen LogP contribution in [-0.4, -0.2) is 36.6 Å². The highest BCUT2D eigenvalue weighted by Gasteiger charge is 2.12. The van der Waals surface area contributed by atoms with Crippen molar-refractivity contribution in [2.75, 3.05) is 26.4 Å². The number of aliphatic hydroxyl groups excluding tert-OH is 2. The first-order chi connectivity index (χ1) is 15.8. The van der Waals surface area contributed by atoms with Crippen LogP contribution in [0.1, 0.15) is 0 Å². The summed E-state index contributed by atoms with van der Waals surface area (Å²) in [7, 11) is 0. The van der Waals surface area contributed by atoms with Gasteiger partial charge in [0.15, 0.2) is 0 Å². The largest absolute Gasteiger partial charge is 0.491 e. The maximum atomic E-state index is 9.20. The molecule has 162 valence electrons. The third-order valence-electron chi connectivity index (χ3n) is 5.16. The first-order valence-electron chi connectivity index (χ1n) is 10.7. The Morgan fingerprint density at radius 1 is 0.469 bits per heavy atom. The van der Waals surface area contributed by atoms with Crippen molar-refractivity contribution >= 4 is 0 Å². The molecule has 4 rings (SSSR count). The molecule has 0 aliphatic heterocycles. The summed E-state index contributed by atoms with van der Waals surface area (Å²) in [5.74, 6) is 1.47. The van der Waals surface area contributed by atoms with Gasteiger partial charge in [0.25, 0.3) is 0 Å². The molecule has 0 atom stereocenters. The summed E-state index contributed by atoms with van der Waals surface area (Å²) < 4.78 is 11.6. The van der Waals surface area contributed by atoms with Gasteiger partial charge in [-0.1, -0.05) is 72.8 Å². The molecule has 0 bridgehead atoms. The van der Waals surface area contributed by atoms with E-state index < -0.39 is 0 Å². The first-order valence-corrected chi connectivity index (χ1v) is 10.7. The molecule has 0 amide bonds. The molecular formula is C28H26O4. The Labute approximate surface area is 188 Å². The fraction of sp³-hybridized carbons (Fsp3) is 0.143. The standard InChI is InChI=1S/C28H26O4/c29-15-17-31-27-13-11-23(19-25(27)21-7-3-1-4-8-21)24-12-14-28(32-18-16-30)26(20-24)22-9-5-2-6-10-22/h1-14,19-20,29-30H,15-18H2. The molecule has 0 unspecified atom stereocenters. The molecule has 0 aromatic heterocycles. The Hall–Kier alpha value is -3.60. The van der Waals surface area contributed by atoms with Crippen LogP contribution in [-0.2, 0) is 0 Å². The van der Waals surface area contributed by atoms with Crippen LogP contribution in [0.3, 0.4) is 0 Å². The van der Waals surface area contributed by atoms with E-state index in [4.69, 9.17) is 9.47 Å². The molecule has 2 N–H and O–H groups in total. The number of hydrogen-bond acceptors (Lipinski definition) is 4. The second-order valence-corrected chi connectivity index (χ2v) is 7.30. The van der Waals surface area contributed by atoms with E-state index in [9.17, 15) is 10.2 Å². The van der Waals surface area contributed by atoms with Gasteiger partial charge >= 0.3 is 0 Å². The topological polar surface area (TPSA) is 58.9 Å². The van der Waals surface area contributed by atoms with Crippen LogP contribution < -0.4 is 9.47 Å². The number of hydrogen-bond donors (Lipinski definition) is 2. The molecule has 0 aliphatic carbocycles. The van der Waals surface area contributed by atoms with Crippen molar-refractivity contribution in [1.29, 1.82) is 0 Å². The van der Waals surface area contributed by atoms with Crippen molar-refractivity contribution in [2.24, 2.45) is 0 Å². The highest BCUT2D eigenvalue weighted by atomic mass is 16.5. The number of ether oxygens (including phenoxy) is 2. The van der Waals surface area contributed by atoms with Gasteiger partial charge in [0.1, 0.15) is 24.7 Å². The molecule has 0 fully saturated rings. The van der Waals surface area contributed by atoms with E-state index in [0.29, 0.717) is 0 Å². The van der Waals surface area contributed by atoms with Gasteiger partial charge in [-0.15, -0.1) is 0 Å². The molecule has 4 aromatic rings. The maximum absolute atomic E-state index is 9.20. The Balaban J connectivity index is 1.79. The third-order valence-corrected chi connectivity index (χ3v) is 5.16. The van der Waals surface area contributed by atoms with Crippen LogP contribution in [0.4, 0.5) is 0 Å². The quantitative estimate of drug-likeness (QED) is 0.375. The summed E-state index contributed by atoms with van der Waals surface area (Å²) in [4.78, 5) is 0. The summed E-state index contributed by atoms with van der Waals surface area (Å²) in [5, 5.41) is 18.4. The van der Waals surface area contributed by atoms with E-state index in [1.54, 1.807) is 0 Å². The average molecular weight is 427 g/mol. The Kier molecular flexibility index (Phi) is 7.18. The Bertz CT molecular complexity index is 1050. The van der Waals surface area contributed by atoms with E-state index in [1.165, 1.54) is 0 Å². The molecule has 0 aliphatic rings. The fourth-order valence-corrected chi connectivity index (χ4v) is 3.67. The van der Waals surface area contributed by atoms with Crippen LogP contribution in [0, 0.1) is 0 Å². The van der Waals surface area contributed by atoms with Gasteiger partial charge in [-0.2, -0.15) is 0 Å². The molecule has 0 radical (unpaired) electrons. The zero-order chi connectivity index (χ0) is 22.2. The van der Waals surface area contributed by atoms with Crippen molar-refractivity contribution in [3.8, 4) is 44.9 Å². The molecule has 0 heterocycles. The Morgan fingerprint density at radius 2 is 0.875 bits per heavy atom. The van der Waals surface area contributed by atoms with Crippen molar-refractivity contribution in [3.05, 3.63) is 97.1 Å². The molecule has 4 aromatic carbocycles. The van der Waals surface area contributed by atoms with Gasteiger partial charge in [0.05, 0.1) is 13.2 Å². The lowest BCUT2D eigenvalue weighted by Crippen LogP contribution is -2.03. The molecule has 0 saturated carbocycles. The summed E-state index contributed by atoms with van der Waals surface area (Å²) in [6.45, 7) is 0.417. The minimum atomic E-state index is -0.0360. The van der Waals surface area contributed by atoms with Crippen LogP contribution in [0.15, 0.2) is 97.1 Å². The van der Waals surface area contributed by atoms with Gasteiger partial charge in [-0.3, -0.25) is 0 Å². The predicted molar refractivity (Wildman–Crippen MR) is 128 cm³/mol. The van der Waals surface area contributed by atoms with Gasteiger partial charge in [-0.25, -0.2) is 0 Å². The van der Waals surface area contributed by atoms with E-state index in [0.717, 1.165) is 44.9 Å². The lowest BCUT2D eigenvalue weighted by atomic mass is 9.95. The highest BCUT2D eigenvalue weighted by Crippen LogP contribution is 2.38. The minimum Gasteiger partial charge on any atom is -0.491 e. The minimum absolute atomic E-state index is 0.0360. The zero-order valence-corrected chi connectivity index (χ0v) is 17.8. The smallest absolute Gasteiger partial charge is 0.127 e. The van der Waals surface area contributed by atoms with Crippen molar-refractivity contribution in [3.63, 3.8) is 0 Å². The summed E-state index contributed by atoms with van der Waals surface area (Å²) >= 11 is 0. The third kappa shape index (κ3) is 4.99. The van der Waals surface area contributed by atoms with Crippen molar-refractivity contribution in [1.82, 2.24) is 0 Å². The highest BCUT2D eigenvalue weighted by molar-refractivity contribution is 5.81. The van der Waals surface area contributed by atoms with Gasteiger partial charge < -0.3 is 19.7 Å². The molecule has 32 heavy (non-hydrogen) atoms. The van der Waals surface area contributed by atoms with Crippen LogP contribution in [0.25, 0.3) is 33.4 Å². The van der Waals surface area contributed by atoms with Crippen LogP contribution >= 0.6 is 0 Å². The van der Waals surface area contributed by atoms with Crippen LogP contribution in [0.5, 0.6) is 11.5 Å². The molecular weight excluding hydrogens is 400 g/mol. The summed E-state index contributed by atoms with van der Waals surface area (Å²) in [5.41, 5.74) is 6.14. The number of benzene rings is 4. The maximum Gasteiger partial charge on any atom is 0.127 e. The second-order valence-electron chi connectivity index (χ2n) is 7.30. The zero-order valence-electron chi connectivity index (χ0n) is 17.8. The number of aliphatic hydroxyl groups is 2. The van der Waals surface area contributed by atoms with Gasteiger partial charge in [0.2, 0.25) is 0 Å². The average Bonchev–Trinajstić information content (AvgIpc) is 2.87. The van der Waals surface area contributed by atoms with Crippen LogP contribution in [0.2, 0.25) is 0 Å². The monoisotopic (exact) mass is 426 g/mol. The lowest BCUT2D eigenvalue weighted by molar-refractivity contribution is 0.202. The van der Waals surface area contributed by atoms with E-state index in [-0.39, 0.29) is 26.4 Å². The second kappa shape index (κ2) is 10.6. The summed E-state index contributed by atoms with van der Waals surface area (Å²) in [6, 6.07) is 32.3. The molecule has 0 saturated heterocycles. The molecule has 0 spiro atoms. The Morgan fingerprint density at radius 3 is 1.25 bits per heavy atom. The SMILES string of the molecule is OCCOc1ccc(-c2ccc(OCCO)c(-c3ccccc3)c2)cc1-c1ccccc1. The summed E-state index contributed by atoms with van der Waals surface area (Å²) in [6.07, 6.45) is 0. The van der Waals surface area contributed by atoms with E-state index in [2.05, 4.69) is 12.1 Å². The van der Waals surface area contributed by atoms with E-state index in [1.807, 2.05) is 84.9 Å². The van der Waals surface area contributed by atoms with Gasteiger partial charge in [0, 0.05) is 11.1 Å². The first kappa shape index (κ1) is 21.6. The van der Waals surface area contributed by atoms with Crippen molar-refractivity contribution in [2.45, 2.75) is 0 Å². The van der Waals surface area contributed by atoms with E-state index >= 15 is 0 Å². The molecule has 4 nitrogen and oxygen atoms in total. The van der Waals surface area contributed by atoms with Crippen molar-refractivity contribution < 1.29 is 19.7 Å². The predicted octanol–water partition coefficient (Wildman–Crippen LogP) is 5.43. The number of rotatable bonds is 9. The molecule has 4 heteroatoms. The lowest BCUT2D eigenvalue weighted by Gasteiger charge is -2.16. The fourth-order valence-electron chi connectivity index (χ4n) is 3.67. The normalized spacial score (nSPS) is 10.7. The van der Waals surface area contributed by atoms with Gasteiger partial charge in [-0.05, 0) is 46.5 Å².